The number of carbonyl (C=O) groups excluding carboxylic acids is 3. The van der Waals surface area contributed by atoms with E-state index in [2.05, 4.69) is 0 Å². The van der Waals surface area contributed by atoms with Gasteiger partial charge in [0.25, 0.3) is 15.9 Å². The Morgan fingerprint density at radius 2 is 1.64 bits per heavy atom. The van der Waals surface area contributed by atoms with Gasteiger partial charge in [0.2, 0.25) is 16.9 Å². The van der Waals surface area contributed by atoms with Gasteiger partial charge in [0.05, 0.1) is 0 Å². The first-order valence-corrected chi connectivity index (χ1v) is 12.3. The number of likely N-dealkylation sites (tertiary alicyclic amines) is 1. The lowest BCUT2D eigenvalue weighted by Crippen LogP contribution is -2.54. The fourth-order valence-corrected chi connectivity index (χ4v) is 5.56. The van der Waals surface area contributed by atoms with Crippen molar-refractivity contribution in [2.24, 2.45) is 5.73 Å². The Bertz CT molecular complexity index is 1140. The largest absolute Gasteiger partial charge is 0.438 e. The van der Waals surface area contributed by atoms with Crippen molar-refractivity contribution in [3.05, 3.63) is 53.8 Å². The minimum Gasteiger partial charge on any atom is -0.438 e. The molecule has 2 aliphatic rings. The maximum absolute atomic E-state index is 13.5. The summed E-state index contributed by atoms with van der Waals surface area (Å²) in [6.45, 7) is 0.991. The van der Waals surface area contributed by atoms with Crippen LogP contribution < -0.4 is 5.73 Å². The van der Waals surface area contributed by atoms with Gasteiger partial charge in [0.15, 0.2) is 5.76 Å². The quantitative estimate of drug-likeness (QED) is 0.663. The zero-order chi connectivity index (χ0) is 23.6. The van der Waals surface area contributed by atoms with Crippen LogP contribution in [0.4, 0.5) is 0 Å². The number of furan rings is 1. The first-order chi connectivity index (χ1) is 15.8. The Hall–Kier alpha value is -3.18. The van der Waals surface area contributed by atoms with Crippen molar-refractivity contribution in [3.8, 4) is 0 Å². The number of carbonyl (C=O) groups is 3. The van der Waals surface area contributed by atoms with Crippen LogP contribution in [0.3, 0.4) is 0 Å². The van der Waals surface area contributed by atoms with Gasteiger partial charge in [-0.2, -0.15) is 4.31 Å². The lowest BCUT2D eigenvalue weighted by atomic mass is 9.99. The summed E-state index contributed by atoms with van der Waals surface area (Å²) in [5, 5.41) is -0.364. The molecule has 1 aromatic carbocycles. The lowest BCUT2D eigenvalue weighted by Gasteiger charge is -2.39. The first kappa shape index (κ1) is 23.0. The molecule has 11 heteroatoms. The molecule has 4 rings (SSSR count). The van der Waals surface area contributed by atoms with E-state index in [1.807, 2.05) is 30.3 Å². The monoisotopic (exact) mass is 474 g/mol. The van der Waals surface area contributed by atoms with Gasteiger partial charge in [-0.1, -0.05) is 30.3 Å². The zero-order valence-electron chi connectivity index (χ0n) is 18.1. The number of piperazine rings is 1. The Labute approximate surface area is 192 Å². The minimum atomic E-state index is -3.97. The molecule has 0 aliphatic carbocycles. The average Bonchev–Trinajstić information content (AvgIpc) is 3.33. The van der Waals surface area contributed by atoms with Crippen LogP contribution in [-0.2, 0) is 19.6 Å². The summed E-state index contributed by atoms with van der Waals surface area (Å²) in [5.41, 5.74) is 5.87. The van der Waals surface area contributed by atoms with E-state index in [1.54, 1.807) is 9.80 Å². The van der Waals surface area contributed by atoms with E-state index in [4.69, 9.17) is 10.2 Å². The Morgan fingerprint density at radius 1 is 0.939 bits per heavy atom. The van der Waals surface area contributed by atoms with Crippen LogP contribution in [0.2, 0.25) is 0 Å². The molecule has 0 bridgehead atoms. The number of hydrogen-bond acceptors (Lipinski definition) is 6. The van der Waals surface area contributed by atoms with Crippen molar-refractivity contribution < 1.29 is 27.2 Å². The van der Waals surface area contributed by atoms with Crippen LogP contribution in [-0.4, -0.2) is 73.0 Å². The van der Waals surface area contributed by atoms with Gasteiger partial charge in [-0.3, -0.25) is 14.4 Å². The summed E-state index contributed by atoms with van der Waals surface area (Å²) in [7, 11) is -3.97. The number of nitrogens with zero attached hydrogens (tertiary/aromatic N) is 3. The molecule has 2 fully saturated rings. The summed E-state index contributed by atoms with van der Waals surface area (Å²) in [5.74, 6) is -1.36. The molecular formula is C22H26N4O6S. The number of nitrogens with two attached hydrogens (primary N) is 1. The summed E-state index contributed by atoms with van der Waals surface area (Å²) in [4.78, 5) is 40.6. The molecule has 10 nitrogen and oxygen atoms in total. The van der Waals surface area contributed by atoms with Gasteiger partial charge < -0.3 is 20.0 Å². The molecule has 2 aromatic rings. The third-order valence-electron chi connectivity index (χ3n) is 5.99. The SMILES string of the molecule is NC(=O)c1ccc(S(=O)(=O)N2CCN(C(=O)C(c3ccccc3)N3CCCCC3=O)CC2)o1. The van der Waals surface area contributed by atoms with Crippen molar-refractivity contribution in [2.45, 2.75) is 30.4 Å². The van der Waals surface area contributed by atoms with Crippen LogP contribution >= 0.6 is 0 Å². The summed E-state index contributed by atoms with van der Waals surface area (Å²) >= 11 is 0. The van der Waals surface area contributed by atoms with Gasteiger partial charge in [-0.05, 0) is 30.5 Å². The first-order valence-electron chi connectivity index (χ1n) is 10.8. The molecule has 1 unspecified atom stereocenters. The summed E-state index contributed by atoms with van der Waals surface area (Å²) in [6, 6.07) is 10.9. The molecule has 0 saturated carbocycles. The molecule has 2 N–H and O–H groups in total. The van der Waals surface area contributed by atoms with Crippen LogP contribution in [0.1, 0.15) is 41.4 Å². The highest BCUT2D eigenvalue weighted by molar-refractivity contribution is 7.89. The highest BCUT2D eigenvalue weighted by Gasteiger charge is 2.38. The molecule has 33 heavy (non-hydrogen) atoms. The number of primary amides is 1. The second-order valence-electron chi connectivity index (χ2n) is 8.07. The van der Waals surface area contributed by atoms with Crippen LogP contribution in [0.5, 0.6) is 0 Å². The fourth-order valence-electron chi connectivity index (χ4n) is 4.23. The second-order valence-corrected chi connectivity index (χ2v) is 9.94. The number of piperidine rings is 1. The molecule has 2 aliphatic heterocycles. The molecule has 1 aromatic heterocycles. The van der Waals surface area contributed by atoms with E-state index in [-0.39, 0.29) is 48.8 Å². The van der Waals surface area contributed by atoms with Crippen LogP contribution in [0.25, 0.3) is 0 Å². The molecule has 0 spiro atoms. The lowest BCUT2D eigenvalue weighted by molar-refractivity contribution is -0.148. The zero-order valence-corrected chi connectivity index (χ0v) is 18.9. The van der Waals surface area contributed by atoms with Gasteiger partial charge in [0, 0.05) is 39.1 Å². The van der Waals surface area contributed by atoms with Crippen LogP contribution in [0, 0.1) is 0 Å². The summed E-state index contributed by atoms with van der Waals surface area (Å²) in [6.07, 6.45) is 2.07. The smallest absolute Gasteiger partial charge is 0.284 e. The molecule has 176 valence electrons. The van der Waals surface area contributed by atoms with E-state index in [0.717, 1.165) is 18.4 Å². The average molecular weight is 475 g/mol. The molecule has 3 heterocycles. The molecular weight excluding hydrogens is 448 g/mol. The van der Waals surface area contributed by atoms with Gasteiger partial charge in [-0.25, -0.2) is 8.42 Å². The van der Waals surface area contributed by atoms with Crippen molar-refractivity contribution >= 4 is 27.7 Å². The molecule has 0 radical (unpaired) electrons. The van der Waals surface area contributed by atoms with E-state index < -0.39 is 22.0 Å². The van der Waals surface area contributed by atoms with E-state index in [0.29, 0.717) is 13.0 Å². The van der Waals surface area contributed by atoms with Gasteiger partial charge in [0.1, 0.15) is 6.04 Å². The topological polar surface area (TPSA) is 134 Å². The molecule has 1 atom stereocenters. The highest BCUT2D eigenvalue weighted by Crippen LogP contribution is 2.28. The third-order valence-corrected chi connectivity index (χ3v) is 7.76. The Kier molecular flexibility index (Phi) is 6.52. The summed E-state index contributed by atoms with van der Waals surface area (Å²) < 4.78 is 32.0. The number of hydrogen-bond donors (Lipinski definition) is 1. The Morgan fingerprint density at radius 3 is 2.24 bits per heavy atom. The van der Waals surface area contributed by atoms with Gasteiger partial charge in [-0.15, -0.1) is 0 Å². The normalized spacial score (nSPS) is 18.8. The minimum absolute atomic E-state index is 0.0484. The predicted octanol–water partition coefficient (Wildman–Crippen LogP) is 0.965. The highest BCUT2D eigenvalue weighted by atomic mass is 32.2. The maximum atomic E-state index is 13.5. The number of rotatable bonds is 6. The number of amides is 3. The van der Waals surface area contributed by atoms with Gasteiger partial charge >= 0.3 is 0 Å². The Balaban J connectivity index is 1.50. The molecule has 3 amide bonds. The van der Waals surface area contributed by atoms with Crippen molar-refractivity contribution in [1.29, 1.82) is 0 Å². The van der Waals surface area contributed by atoms with E-state index in [9.17, 15) is 22.8 Å². The van der Waals surface area contributed by atoms with E-state index >= 15 is 0 Å². The standard InChI is InChI=1S/C22H26N4O6S/c23-21(28)17-9-10-19(32-17)33(30,31)25-14-12-24(13-15-25)22(29)20(16-6-2-1-3-7-16)26-11-5-4-8-18(26)27/h1-3,6-7,9-10,20H,4-5,8,11-15H2,(H2,23,28). The second kappa shape index (κ2) is 9.36. The van der Waals surface area contributed by atoms with Crippen molar-refractivity contribution in [2.75, 3.05) is 32.7 Å². The van der Waals surface area contributed by atoms with Crippen molar-refractivity contribution in [3.63, 3.8) is 0 Å². The van der Waals surface area contributed by atoms with Crippen molar-refractivity contribution in [1.82, 2.24) is 14.1 Å². The molecule has 2 saturated heterocycles. The number of sulfonamides is 1. The predicted molar refractivity (Wildman–Crippen MR) is 117 cm³/mol. The number of benzene rings is 1. The van der Waals surface area contributed by atoms with Crippen LogP contribution in [0.15, 0.2) is 52.0 Å². The fraction of sp³-hybridized carbons (Fsp3) is 0.409. The maximum Gasteiger partial charge on any atom is 0.284 e. The third kappa shape index (κ3) is 4.64. The van der Waals surface area contributed by atoms with E-state index in [1.165, 1.54) is 16.4 Å².